The summed E-state index contributed by atoms with van der Waals surface area (Å²) in [5.41, 5.74) is 6.42. The smallest absolute Gasteiger partial charge is 0.335 e. The summed E-state index contributed by atoms with van der Waals surface area (Å²) in [4.78, 5) is 22.0. The standard InChI is InChI=1S/C32H40N4O2S/c1-20(2)15-24(33-26-18-32(19-26)13-14-32)11-12-25-17-28(29-21(3)7-5-8-22(29)4)35-31(34-25)36-39-27-10-6-9-23(16-27)30(37)38/h5-10,16-17,20,24,26,33H,11-15,18-19H2,1-4H3,(H,37,38)(H,34,35,36)/t24-/m0/s1. The van der Waals surface area contributed by atoms with Crippen LogP contribution in [0.15, 0.2) is 53.4 Å². The van der Waals surface area contributed by atoms with Gasteiger partial charge in [-0.3, -0.25) is 4.72 Å². The fourth-order valence-corrected chi connectivity index (χ4v) is 6.63. The summed E-state index contributed by atoms with van der Waals surface area (Å²) in [7, 11) is 0. The highest BCUT2D eigenvalue weighted by Gasteiger charge is 2.52. The summed E-state index contributed by atoms with van der Waals surface area (Å²) in [6.07, 6.45) is 8.63. The molecular formula is C32H40N4O2S. The number of aromatic nitrogens is 2. The number of aromatic carboxylic acids is 1. The number of carbonyl (C=O) groups is 1. The lowest BCUT2D eigenvalue weighted by atomic mass is 9.76. The first-order valence-electron chi connectivity index (χ1n) is 14.2. The van der Waals surface area contributed by atoms with Crippen LogP contribution in [0.2, 0.25) is 0 Å². The fourth-order valence-electron chi connectivity index (χ4n) is 6.00. The molecule has 39 heavy (non-hydrogen) atoms. The maximum atomic E-state index is 11.4. The number of anilines is 1. The second-order valence-electron chi connectivity index (χ2n) is 12.0. The van der Waals surface area contributed by atoms with Crippen LogP contribution in [0.25, 0.3) is 11.3 Å². The van der Waals surface area contributed by atoms with E-state index in [-0.39, 0.29) is 5.56 Å². The fraction of sp³-hybridized carbons (Fsp3) is 0.469. The molecule has 6 nitrogen and oxygen atoms in total. The number of benzene rings is 2. The lowest BCUT2D eigenvalue weighted by molar-refractivity contribution is 0.0696. The maximum absolute atomic E-state index is 11.4. The average Bonchev–Trinajstić information content (AvgIpc) is 3.67. The number of nitrogens with one attached hydrogen (secondary N) is 2. The molecule has 3 N–H and O–H groups in total. The molecule has 1 aromatic heterocycles. The molecule has 2 aliphatic rings. The predicted octanol–water partition coefficient (Wildman–Crippen LogP) is 7.46. The van der Waals surface area contributed by atoms with Gasteiger partial charge in [0, 0.05) is 28.2 Å². The minimum absolute atomic E-state index is 0.260. The van der Waals surface area contributed by atoms with E-state index in [4.69, 9.17) is 9.97 Å². The number of carboxylic acids is 1. The molecular weight excluding hydrogens is 504 g/mol. The van der Waals surface area contributed by atoms with Gasteiger partial charge in [0.05, 0.1) is 11.3 Å². The van der Waals surface area contributed by atoms with E-state index in [2.05, 4.69) is 62.0 Å². The quantitative estimate of drug-likeness (QED) is 0.204. The van der Waals surface area contributed by atoms with Crippen LogP contribution in [0.5, 0.6) is 0 Å². The Morgan fingerprint density at radius 3 is 2.46 bits per heavy atom. The zero-order valence-corrected chi connectivity index (χ0v) is 24.3. The number of hydrogen-bond acceptors (Lipinski definition) is 6. The van der Waals surface area contributed by atoms with Crippen LogP contribution in [0.1, 0.15) is 79.6 Å². The van der Waals surface area contributed by atoms with Gasteiger partial charge in [-0.1, -0.05) is 38.1 Å². The third kappa shape index (κ3) is 7.00. The monoisotopic (exact) mass is 544 g/mol. The van der Waals surface area contributed by atoms with E-state index in [1.54, 1.807) is 18.2 Å². The van der Waals surface area contributed by atoms with Crippen molar-refractivity contribution in [3.8, 4) is 11.3 Å². The van der Waals surface area contributed by atoms with E-state index in [1.165, 1.54) is 55.2 Å². The van der Waals surface area contributed by atoms with E-state index in [0.717, 1.165) is 34.7 Å². The highest BCUT2D eigenvalue weighted by molar-refractivity contribution is 8.00. The van der Waals surface area contributed by atoms with Crippen molar-refractivity contribution in [3.05, 3.63) is 70.9 Å². The highest BCUT2D eigenvalue weighted by Crippen LogP contribution is 2.60. The molecule has 7 heteroatoms. The topological polar surface area (TPSA) is 87.1 Å². The van der Waals surface area contributed by atoms with Crippen LogP contribution >= 0.6 is 11.9 Å². The molecule has 0 radical (unpaired) electrons. The molecule has 1 heterocycles. The van der Waals surface area contributed by atoms with Crippen LogP contribution in [0.4, 0.5) is 5.95 Å². The molecule has 206 valence electrons. The van der Waals surface area contributed by atoms with Crippen molar-refractivity contribution in [1.29, 1.82) is 0 Å². The van der Waals surface area contributed by atoms with Crippen molar-refractivity contribution in [1.82, 2.24) is 15.3 Å². The molecule has 2 aromatic carbocycles. The normalized spacial score (nSPS) is 16.7. The second-order valence-corrected chi connectivity index (χ2v) is 12.9. The molecule has 3 aromatic rings. The average molecular weight is 545 g/mol. The summed E-state index contributed by atoms with van der Waals surface area (Å²) in [6, 6.07) is 16.5. The van der Waals surface area contributed by atoms with Gasteiger partial charge in [-0.2, -0.15) is 0 Å². The Morgan fingerprint density at radius 2 is 1.79 bits per heavy atom. The number of hydrogen-bond donors (Lipinski definition) is 3. The summed E-state index contributed by atoms with van der Waals surface area (Å²) in [5, 5.41) is 13.3. The zero-order valence-electron chi connectivity index (χ0n) is 23.5. The summed E-state index contributed by atoms with van der Waals surface area (Å²) >= 11 is 1.33. The predicted molar refractivity (Wildman–Crippen MR) is 159 cm³/mol. The molecule has 2 aliphatic carbocycles. The van der Waals surface area contributed by atoms with E-state index in [0.29, 0.717) is 29.4 Å². The first-order chi connectivity index (χ1) is 18.7. The van der Waals surface area contributed by atoms with Gasteiger partial charge in [-0.15, -0.1) is 0 Å². The molecule has 0 bridgehead atoms. The zero-order chi connectivity index (χ0) is 27.6. The second kappa shape index (κ2) is 11.7. The van der Waals surface area contributed by atoms with Crippen molar-refractivity contribution in [3.63, 3.8) is 0 Å². The van der Waals surface area contributed by atoms with Gasteiger partial charge in [0.1, 0.15) is 0 Å². The number of aryl methyl sites for hydroxylation is 3. The van der Waals surface area contributed by atoms with E-state index in [1.807, 2.05) is 6.07 Å². The van der Waals surface area contributed by atoms with Crippen molar-refractivity contribution in [2.45, 2.75) is 89.6 Å². The van der Waals surface area contributed by atoms with Crippen molar-refractivity contribution in [2.24, 2.45) is 11.3 Å². The SMILES string of the molecule is Cc1cccc(C)c1-c1cc(CC[C@@H](CC(C)C)NC2CC3(CC3)C2)nc(NSc2cccc(C(=O)O)c2)n1. The molecule has 0 amide bonds. The van der Waals surface area contributed by atoms with Gasteiger partial charge < -0.3 is 10.4 Å². The maximum Gasteiger partial charge on any atom is 0.335 e. The molecule has 0 aliphatic heterocycles. The molecule has 5 rings (SSSR count). The minimum Gasteiger partial charge on any atom is -0.478 e. The Morgan fingerprint density at radius 1 is 1.08 bits per heavy atom. The van der Waals surface area contributed by atoms with Crippen LogP contribution < -0.4 is 10.0 Å². The van der Waals surface area contributed by atoms with Crippen molar-refractivity contribution in [2.75, 3.05) is 4.72 Å². The van der Waals surface area contributed by atoms with E-state index in [9.17, 15) is 9.90 Å². The summed E-state index contributed by atoms with van der Waals surface area (Å²) in [6.45, 7) is 8.86. The first kappa shape index (κ1) is 27.7. The Bertz CT molecular complexity index is 1310. The first-order valence-corrected chi connectivity index (χ1v) is 15.0. The van der Waals surface area contributed by atoms with Gasteiger partial charge >= 0.3 is 5.97 Å². The molecule has 2 fully saturated rings. The van der Waals surface area contributed by atoms with E-state index < -0.39 is 5.97 Å². The van der Waals surface area contributed by atoms with Gasteiger partial charge in [0.15, 0.2) is 0 Å². The van der Waals surface area contributed by atoms with Gasteiger partial charge in [-0.25, -0.2) is 14.8 Å². The van der Waals surface area contributed by atoms with Gasteiger partial charge in [0.2, 0.25) is 5.95 Å². The Labute approximate surface area is 236 Å². The van der Waals surface area contributed by atoms with Crippen LogP contribution in [-0.2, 0) is 6.42 Å². The van der Waals surface area contributed by atoms with Crippen LogP contribution in [0, 0.1) is 25.2 Å². The number of carboxylic acid groups (broad SMARTS) is 1. The molecule has 1 spiro atoms. The van der Waals surface area contributed by atoms with Gasteiger partial charge in [0.25, 0.3) is 0 Å². The summed E-state index contributed by atoms with van der Waals surface area (Å²) in [5.74, 6) is 0.244. The van der Waals surface area contributed by atoms with Crippen LogP contribution in [-0.4, -0.2) is 33.1 Å². The molecule has 0 saturated heterocycles. The lowest BCUT2D eigenvalue weighted by Crippen LogP contribution is -2.47. The highest BCUT2D eigenvalue weighted by atomic mass is 32.2. The van der Waals surface area contributed by atoms with E-state index >= 15 is 0 Å². The Kier molecular flexibility index (Phi) is 8.29. The van der Waals surface area contributed by atoms with Crippen LogP contribution in [0.3, 0.4) is 0 Å². The largest absolute Gasteiger partial charge is 0.478 e. The third-order valence-corrected chi connectivity index (χ3v) is 8.92. The number of nitrogens with zero attached hydrogens (tertiary/aromatic N) is 2. The number of rotatable bonds is 12. The Balaban J connectivity index is 1.35. The Hall–Kier alpha value is -2.90. The van der Waals surface area contributed by atoms with Crippen molar-refractivity contribution < 1.29 is 9.90 Å². The molecule has 0 unspecified atom stereocenters. The third-order valence-electron chi connectivity index (χ3n) is 8.15. The minimum atomic E-state index is -0.938. The molecule has 1 atom stereocenters. The van der Waals surface area contributed by atoms with Crippen molar-refractivity contribution >= 4 is 23.9 Å². The summed E-state index contributed by atoms with van der Waals surface area (Å²) < 4.78 is 3.29. The van der Waals surface area contributed by atoms with Gasteiger partial charge in [-0.05, 0) is 117 Å². The molecule has 2 saturated carbocycles. The lowest BCUT2D eigenvalue weighted by Gasteiger charge is -2.39.